The molecule has 6 heteroatoms. The molecule has 57 heavy (non-hydrogen) atoms. The number of furan rings is 2. The van der Waals surface area contributed by atoms with Gasteiger partial charge in [-0.1, -0.05) is 121 Å². The van der Waals surface area contributed by atoms with Gasteiger partial charge in [0.15, 0.2) is 17.5 Å². The number of rotatable bonds is 5. The number of benzene rings is 8. The van der Waals surface area contributed by atoms with Crippen molar-refractivity contribution in [3.63, 3.8) is 0 Å². The first-order valence-electron chi connectivity index (χ1n) is 31.1. The quantitative estimate of drug-likeness (QED) is 0.174. The van der Waals surface area contributed by atoms with Gasteiger partial charge in [-0.15, -0.1) is 11.3 Å². The number of fused-ring (bicyclic) bond motifs is 9. The van der Waals surface area contributed by atoms with Crippen LogP contribution in [0.2, 0.25) is 0 Å². The van der Waals surface area contributed by atoms with Crippen LogP contribution in [0.1, 0.15) is 39.8 Å². The zero-order valence-corrected chi connectivity index (χ0v) is 28.9. The fourth-order valence-corrected chi connectivity index (χ4v) is 7.36. The fourth-order valence-electron chi connectivity index (χ4n) is 6.40. The van der Waals surface area contributed by atoms with Crippen LogP contribution in [0.5, 0.6) is 0 Å². The number of nitrogens with zero attached hydrogens (tertiary/aromatic N) is 3. The summed E-state index contributed by atoms with van der Waals surface area (Å²) in [4.78, 5) is 13.3. The van der Waals surface area contributed by atoms with Crippen LogP contribution in [0, 0.1) is 0 Å². The second-order valence-corrected chi connectivity index (χ2v) is 13.1. The lowest BCUT2D eigenvalue weighted by Crippen LogP contribution is -2.00. The molecule has 5 nitrogen and oxygen atoms in total. The van der Waals surface area contributed by atoms with E-state index in [1.165, 1.54) is 0 Å². The van der Waals surface area contributed by atoms with Crippen LogP contribution in [0.4, 0.5) is 0 Å². The summed E-state index contributed by atoms with van der Waals surface area (Å²) in [5, 5.41) is -2.58. The van der Waals surface area contributed by atoms with E-state index in [0.717, 1.165) is 0 Å². The van der Waals surface area contributed by atoms with Crippen LogP contribution in [0.25, 0.3) is 120 Å². The maximum atomic E-state index is 9.79. The number of para-hydroxylation sites is 1. The van der Waals surface area contributed by atoms with E-state index in [9.17, 15) is 12.3 Å². The number of hydrogen-bond donors (Lipinski definition) is 0. The predicted molar refractivity (Wildman–Crippen MR) is 234 cm³/mol. The minimum absolute atomic E-state index is 0.108. The third-order valence-corrected chi connectivity index (χ3v) is 9.86. The van der Waals surface area contributed by atoms with Crippen molar-refractivity contribution in [3.05, 3.63) is 175 Å². The zero-order valence-electron chi connectivity index (χ0n) is 57.1. The van der Waals surface area contributed by atoms with E-state index in [1.807, 2.05) is 0 Å². The molecule has 0 atom stereocenters. The first-order chi connectivity index (χ1) is 40.3. The van der Waals surface area contributed by atoms with Gasteiger partial charge in [-0.25, -0.2) is 15.0 Å². The third-order valence-electron chi connectivity index (χ3n) is 8.84. The molecular formula is C51H29N3O2S. The Hall–Kier alpha value is -7.41. The third kappa shape index (κ3) is 5.19. The Labute approximate surface area is 370 Å². The maximum absolute atomic E-state index is 9.79. The van der Waals surface area contributed by atoms with Gasteiger partial charge in [-0.2, -0.15) is 0 Å². The molecule has 0 aliphatic carbocycles. The molecular weight excluding hydrogens is 719 g/mol. The lowest BCUT2D eigenvalue weighted by atomic mass is 9.94. The normalized spacial score (nSPS) is 19.0. The summed E-state index contributed by atoms with van der Waals surface area (Å²) in [6.45, 7) is 0. The summed E-state index contributed by atoms with van der Waals surface area (Å²) in [6.07, 6.45) is 0. The molecule has 0 N–H and O–H groups in total. The monoisotopic (exact) mass is 776 g/mol. The van der Waals surface area contributed by atoms with Crippen molar-refractivity contribution in [1.82, 2.24) is 15.0 Å². The molecule has 4 aromatic heterocycles. The van der Waals surface area contributed by atoms with Crippen molar-refractivity contribution >= 4 is 75.4 Å². The van der Waals surface area contributed by atoms with E-state index in [2.05, 4.69) is 15.0 Å². The van der Waals surface area contributed by atoms with E-state index < -0.39 is 276 Å². The van der Waals surface area contributed by atoms with Crippen molar-refractivity contribution in [3.8, 4) is 56.4 Å². The van der Waals surface area contributed by atoms with Gasteiger partial charge in [0.25, 0.3) is 0 Å². The van der Waals surface area contributed by atoms with Gasteiger partial charge < -0.3 is 8.83 Å². The lowest BCUT2D eigenvalue weighted by Gasteiger charge is -2.09. The number of hydrogen-bond acceptors (Lipinski definition) is 6. The maximum Gasteiger partial charge on any atom is 0.164 e. The molecule has 4 heterocycles. The zero-order chi connectivity index (χ0) is 62.7. The molecule has 0 fully saturated rings. The Morgan fingerprint density at radius 2 is 1.00 bits per heavy atom. The number of thiophene rings is 1. The highest BCUT2D eigenvalue weighted by molar-refractivity contribution is 7.25. The van der Waals surface area contributed by atoms with Gasteiger partial charge in [0, 0.05) is 58.4 Å². The van der Waals surface area contributed by atoms with Gasteiger partial charge >= 0.3 is 0 Å². The first-order valence-corrected chi connectivity index (χ1v) is 17.4. The van der Waals surface area contributed by atoms with Gasteiger partial charge in [0.2, 0.25) is 0 Å². The lowest BCUT2D eigenvalue weighted by molar-refractivity contribution is 0.669. The average molecular weight is 777 g/mol. The van der Waals surface area contributed by atoms with Crippen molar-refractivity contribution in [2.45, 2.75) is 0 Å². The molecule has 0 bridgehead atoms. The van der Waals surface area contributed by atoms with E-state index in [4.69, 9.17) is 36.2 Å². The van der Waals surface area contributed by atoms with Crippen LogP contribution in [0.15, 0.2) is 184 Å². The molecule has 266 valence electrons. The van der Waals surface area contributed by atoms with Gasteiger partial charge in [-0.3, -0.25) is 0 Å². The standard InChI is InChI=1S/C51H29N3O2S/c1-3-12-30(13-4-1)39-27-34(29-44-47(39)36-16-7-9-19-41(36)56-44)32-23-25-42-40(26-32)35-24-22-33(28-43(35)55-42)50-52-49(31-14-5-2-6-15-31)53-51(54-50)38-18-11-21-46-48(38)37-17-8-10-20-45(37)57-46/h1-29H/i1D,2D,3D,4D,5D,6D,7D,8D,9D,10D,11D,12D,13D,14D,15D,16D,17D,18D,19D,20D,21D,22D,23D,24D,25D,26D,27D,28D,29D. The van der Waals surface area contributed by atoms with Gasteiger partial charge in [0.05, 0.1) is 39.8 Å². The largest absolute Gasteiger partial charge is 0.456 e. The molecule has 0 amide bonds. The first kappa shape index (κ1) is 14.6. The topological polar surface area (TPSA) is 65.0 Å². The molecule has 0 unspecified atom stereocenters. The summed E-state index contributed by atoms with van der Waals surface area (Å²) >= 11 is 0.684. The van der Waals surface area contributed by atoms with E-state index >= 15 is 0 Å². The summed E-state index contributed by atoms with van der Waals surface area (Å²) in [6, 6.07) is -24.1. The van der Waals surface area contributed by atoms with E-state index in [-0.39, 0.29) is 20.2 Å². The molecule has 0 saturated carbocycles. The Balaban J connectivity index is 1.19. The van der Waals surface area contributed by atoms with Crippen LogP contribution in [0.3, 0.4) is 0 Å². The van der Waals surface area contributed by atoms with Crippen molar-refractivity contribution in [2.75, 3.05) is 0 Å². The number of aromatic nitrogens is 3. The fraction of sp³-hybridized carbons (Fsp3) is 0. The van der Waals surface area contributed by atoms with Gasteiger partial charge in [0.1, 0.15) is 22.3 Å². The molecule has 0 spiro atoms. The molecule has 12 rings (SSSR count). The average Bonchev–Trinajstić information content (AvgIpc) is 1.48. The van der Waals surface area contributed by atoms with E-state index in [0.29, 0.717) is 11.3 Å². The Bertz CT molecular complexity index is 5190. The predicted octanol–water partition coefficient (Wildman–Crippen LogP) is 14.4. The second kappa shape index (κ2) is 12.6. The smallest absolute Gasteiger partial charge is 0.164 e. The highest BCUT2D eigenvalue weighted by atomic mass is 32.1. The minimum Gasteiger partial charge on any atom is -0.456 e. The SMILES string of the molecule is [2H]c1c([2H])c([2H])c(-c2nc(-c3c([2H])c([2H])c4c(oc5c([2H])c([2H])c(-c6c([2H])c(-c7c([2H])c([2H])c([2H])c([2H])c7[2H])c7c(oc8c([2H])c([2H])c([2H])c([2H])c87)c6[2H])c([2H])c54)c3[2H])nc(-c3c([2H])c([2H])c([2H])c4sc5c([2H])c([2H])c([2H])c([2H])c5c34)n2)c([2H])c1[2H]. The summed E-state index contributed by atoms with van der Waals surface area (Å²) in [5.74, 6) is -2.30. The Morgan fingerprint density at radius 1 is 0.351 bits per heavy atom. The summed E-state index contributed by atoms with van der Waals surface area (Å²) in [5.41, 5.74) is -7.53. The van der Waals surface area contributed by atoms with Crippen LogP contribution in [-0.4, -0.2) is 15.0 Å². The van der Waals surface area contributed by atoms with Gasteiger partial charge in [-0.05, 0) is 76.6 Å². The highest BCUT2D eigenvalue weighted by Gasteiger charge is 2.19. The van der Waals surface area contributed by atoms with Crippen LogP contribution in [-0.2, 0) is 0 Å². The molecule has 8 aromatic carbocycles. The summed E-state index contributed by atoms with van der Waals surface area (Å²) < 4.78 is 270. The minimum atomic E-state index is -0.972. The van der Waals surface area contributed by atoms with Crippen LogP contribution < -0.4 is 0 Å². The second-order valence-electron chi connectivity index (χ2n) is 12.1. The molecule has 0 radical (unpaired) electrons. The Kier molecular flexibility index (Phi) is 3.22. The summed E-state index contributed by atoms with van der Waals surface area (Å²) in [7, 11) is 0. The highest BCUT2D eigenvalue weighted by Crippen LogP contribution is 2.43. The van der Waals surface area contributed by atoms with Crippen LogP contribution >= 0.6 is 11.3 Å². The molecule has 12 aromatic rings. The van der Waals surface area contributed by atoms with E-state index in [1.54, 1.807) is 0 Å². The van der Waals surface area contributed by atoms with Crippen molar-refractivity contribution in [1.29, 1.82) is 0 Å². The van der Waals surface area contributed by atoms with Crippen molar-refractivity contribution < 1.29 is 48.6 Å². The molecule has 0 saturated heterocycles. The molecule has 0 aliphatic heterocycles. The van der Waals surface area contributed by atoms with Crippen molar-refractivity contribution in [2.24, 2.45) is 0 Å². The molecule has 0 aliphatic rings. The Morgan fingerprint density at radius 3 is 1.86 bits per heavy atom.